The average Bonchev–Trinajstić information content (AvgIpc) is 3.12. The van der Waals surface area contributed by atoms with Gasteiger partial charge in [-0.25, -0.2) is 4.39 Å². The number of fused-ring (bicyclic) bond motifs is 1. The number of nitrogens with zero attached hydrogens (tertiary/aromatic N) is 1. The van der Waals surface area contributed by atoms with E-state index in [1.807, 2.05) is 49.4 Å². The van der Waals surface area contributed by atoms with Crippen molar-refractivity contribution in [2.24, 2.45) is 0 Å². The number of amides is 1. The van der Waals surface area contributed by atoms with E-state index in [1.165, 1.54) is 12.1 Å². The highest BCUT2D eigenvalue weighted by molar-refractivity contribution is 5.93. The van der Waals surface area contributed by atoms with Crippen LogP contribution in [0.1, 0.15) is 36.0 Å². The Kier molecular flexibility index (Phi) is 5.66. The third-order valence-electron chi connectivity index (χ3n) is 5.51. The van der Waals surface area contributed by atoms with Crippen molar-refractivity contribution in [3.8, 4) is 0 Å². The summed E-state index contributed by atoms with van der Waals surface area (Å²) < 4.78 is 16.2. The summed E-state index contributed by atoms with van der Waals surface area (Å²) in [5.41, 5.74) is 4.86. The van der Waals surface area contributed by atoms with Gasteiger partial charge in [0.1, 0.15) is 5.82 Å². The molecule has 0 radical (unpaired) electrons. The van der Waals surface area contributed by atoms with Crippen LogP contribution >= 0.6 is 0 Å². The molecule has 30 heavy (non-hydrogen) atoms. The molecule has 0 saturated carbocycles. The number of anilines is 1. The molecule has 1 aromatic heterocycles. The minimum atomic E-state index is -0.296. The van der Waals surface area contributed by atoms with Crippen LogP contribution in [0.2, 0.25) is 0 Å². The van der Waals surface area contributed by atoms with Gasteiger partial charge in [0.15, 0.2) is 0 Å². The van der Waals surface area contributed by atoms with Gasteiger partial charge in [-0.1, -0.05) is 48.0 Å². The fourth-order valence-electron chi connectivity index (χ4n) is 3.98. The minimum Gasteiger partial charge on any atom is -0.347 e. The van der Waals surface area contributed by atoms with Crippen molar-refractivity contribution < 1.29 is 9.18 Å². The summed E-state index contributed by atoms with van der Waals surface area (Å²) in [4.78, 5) is 12.9. The number of hydrogen-bond acceptors (Lipinski definition) is 1. The van der Waals surface area contributed by atoms with Crippen molar-refractivity contribution in [2.75, 3.05) is 5.32 Å². The van der Waals surface area contributed by atoms with Gasteiger partial charge in [0, 0.05) is 41.7 Å². The van der Waals surface area contributed by atoms with E-state index in [0.717, 1.165) is 39.8 Å². The molecule has 4 aromatic rings. The van der Waals surface area contributed by atoms with Crippen molar-refractivity contribution in [1.29, 1.82) is 0 Å². The smallest absolute Gasteiger partial charge is 0.225 e. The van der Waals surface area contributed by atoms with Crippen molar-refractivity contribution in [3.05, 3.63) is 102 Å². The number of carbonyl (C=O) groups excluding carboxylic acids is 1. The Bertz CT molecular complexity index is 1180. The molecule has 1 amide bonds. The molecule has 1 N–H and O–H groups in total. The van der Waals surface area contributed by atoms with Gasteiger partial charge < -0.3 is 9.88 Å². The average molecular weight is 400 g/mol. The number of para-hydroxylation sites is 1. The van der Waals surface area contributed by atoms with Crippen LogP contribution in [-0.2, 0) is 11.3 Å². The van der Waals surface area contributed by atoms with E-state index in [4.69, 9.17) is 0 Å². The number of carbonyl (C=O) groups is 1. The van der Waals surface area contributed by atoms with Gasteiger partial charge in [0.25, 0.3) is 0 Å². The largest absolute Gasteiger partial charge is 0.347 e. The molecule has 0 bridgehead atoms. The highest BCUT2D eigenvalue weighted by Gasteiger charge is 2.23. The van der Waals surface area contributed by atoms with E-state index in [1.54, 1.807) is 6.07 Å². The highest BCUT2D eigenvalue weighted by Crippen LogP contribution is 2.35. The summed E-state index contributed by atoms with van der Waals surface area (Å²) in [6, 6.07) is 22.5. The van der Waals surface area contributed by atoms with Crippen LogP contribution in [0.3, 0.4) is 0 Å². The predicted molar refractivity (Wildman–Crippen MR) is 120 cm³/mol. The summed E-state index contributed by atoms with van der Waals surface area (Å²) in [6.45, 7) is 4.93. The molecule has 1 atom stereocenters. The van der Waals surface area contributed by atoms with E-state index < -0.39 is 0 Å². The maximum absolute atomic E-state index is 14.0. The standard InChI is InChI=1S/C26H25FN2O/c1-3-29-17-24(22-9-4-5-10-25(22)29)23(19-7-6-8-20(27)15-19)16-26(30)28-21-13-11-18(2)12-14-21/h4-15,17,23H,3,16H2,1-2H3,(H,28,30). The Morgan fingerprint density at radius 3 is 2.53 bits per heavy atom. The summed E-state index contributed by atoms with van der Waals surface area (Å²) in [5, 5.41) is 4.08. The van der Waals surface area contributed by atoms with Crippen molar-refractivity contribution >= 4 is 22.5 Å². The van der Waals surface area contributed by atoms with Gasteiger partial charge in [0.2, 0.25) is 5.91 Å². The second-order valence-corrected chi connectivity index (χ2v) is 7.61. The van der Waals surface area contributed by atoms with Gasteiger partial charge >= 0.3 is 0 Å². The topological polar surface area (TPSA) is 34.0 Å². The second-order valence-electron chi connectivity index (χ2n) is 7.61. The van der Waals surface area contributed by atoms with Crippen LogP contribution in [0.25, 0.3) is 10.9 Å². The number of benzene rings is 3. The summed E-state index contributed by atoms with van der Waals surface area (Å²) >= 11 is 0. The number of hydrogen-bond donors (Lipinski definition) is 1. The van der Waals surface area contributed by atoms with Gasteiger partial charge in [0.05, 0.1) is 0 Å². The molecule has 0 aliphatic carbocycles. The quantitative estimate of drug-likeness (QED) is 0.407. The van der Waals surface area contributed by atoms with Crippen molar-refractivity contribution in [1.82, 2.24) is 4.57 Å². The minimum absolute atomic E-state index is 0.0959. The van der Waals surface area contributed by atoms with Crippen molar-refractivity contribution in [2.45, 2.75) is 32.7 Å². The first-order valence-electron chi connectivity index (χ1n) is 10.2. The molecule has 0 aliphatic heterocycles. The molecule has 0 aliphatic rings. The fourth-order valence-corrected chi connectivity index (χ4v) is 3.98. The molecule has 3 aromatic carbocycles. The van der Waals surface area contributed by atoms with Gasteiger partial charge in [-0.3, -0.25) is 4.79 Å². The Hall–Kier alpha value is -3.40. The van der Waals surface area contributed by atoms with Crippen LogP contribution in [0, 0.1) is 12.7 Å². The zero-order chi connectivity index (χ0) is 21.1. The van der Waals surface area contributed by atoms with Gasteiger partial charge in [-0.15, -0.1) is 0 Å². The molecule has 1 heterocycles. The van der Waals surface area contributed by atoms with Crippen LogP contribution < -0.4 is 5.32 Å². The molecule has 3 nitrogen and oxygen atoms in total. The first kappa shape index (κ1) is 19.9. The Morgan fingerprint density at radius 2 is 1.80 bits per heavy atom. The van der Waals surface area contributed by atoms with E-state index in [-0.39, 0.29) is 24.1 Å². The highest BCUT2D eigenvalue weighted by atomic mass is 19.1. The number of aromatic nitrogens is 1. The number of nitrogens with one attached hydrogen (secondary N) is 1. The Labute approximate surface area is 176 Å². The lowest BCUT2D eigenvalue weighted by Crippen LogP contribution is -2.16. The molecule has 152 valence electrons. The second kappa shape index (κ2) is 8.54. The summed E-state index contributed by atoms with van der Waals surface area (Å²) in [6.07, 6.45) is 2.33. The molecular weight excluding hydrogens is 375 g/mol. The monoisotopic (exact) mass is 400 g/mol. The van der Waals surface area contributed by atoms with Crippen LogP contribution in [0.15, 0.2) is 79.0 Å². The van der Waals surface area contributed by atoms with Gasteiger partial charge in [-0.2, -0.15) is 0 Å². The normalized spacial score (nSPS) is 12.1. The van der Waals surface area contributed by atoms with Crippen molar-refractivity contribution in [3.63, 3.8) is 0 Å². The fraction of sp³-hybridized carbons (Fsp3) is 0.192. The lowest BCUT2D eigenvalue weighted by atomic mass is 9.88. The third-order valence-corrected chi connectivity index (χ3v) is 5.51. The molecule has 0 saturated heterocycles. The van der Waals surface area contributed by atoms with Gasteiger partial charge in [-0.05, 0) is 55.3 Å². The number of rotatable bonds is 6. The number of halogens is 1. The van der Waals surface area contributed by atoms with Crippen LogP contribution in [-0.4, -0.2) is 10.5 Å². The summed E-state index contributed by atoms with van der Waals surface area (Å²) in [7, 11) is 0. The Balaban J connectivity index is 1.72. The molecule has 0 spiro atoms. The first-order chi connectivity index (χ1) is 14.5. The molecule has 1 unspecified atom stereocenters. The first-order valence-corrected chi connectivity index (χ1v) is 10.2. The van der Waals surface area contributed by atoms with Crippen LogP contribution in [0.4, 0.5) is 10.1 Å². The Morgan fingerprint density at radius 1 is 1.03 bits per heavy atom. The zero-order valence-electron chi connectivity index (χ0n) is 17.2. The lowest BCUT2D eigenvalue weighted by Gasteiger charge is -2.17. The SMILES string of the molecule is CCn1cc(C(CC(=O)Nc2ccc(C)cc2)c2cccc(F)c2)c2ccccc21. The maximum Gasteiger partial charge on any atom is 0.225 e. The number of aryl methyl sites for hydroxylation is 2. The maximum atomic E-state index is 14.0. The zero-order valence-corrected chi connectivity index (χ0v) is 17.2. The predicted octanol–water partition coefficient (Wildman–Crippen LogP) is 6.27. The lowest BCUT2D eigenvalue weighted by molar-refractivity contribution is -0.116. The molecule has 4 rings (SSSR count). The summed E-state index contributed by atoms with van der Waals surface area (Å²) in [5.74, 6) is -0.638. The third kappa shape index (κ3) is 4.13. The van der Waals surface area contributed by atoms with E-state index in [0.29, 0.717) is 0 Å². The molecule has 0 fully saturated rings. The van der Waals surface area contributed by atoms with E-state index >= 15 is 0 Å². The van der Waals surface area contributed by atoms with E-state index in [2.05, 4.69) is 35.1 Å². The molecule has 4 heteroatoms. The van der Waals surface area contributed by atoms with E-state index in [9.17, 15) is 9.18 Å². The molecular formula is C26H25FN2O. The van der Waals surface area contributed by atoms with Crippen LogP contribution in [0.5, 0.6) is 0 Å².